The lowest BCUT2D eigenvalue weighted by molar-refractivity contribution is -0.897. The lowest BCUT2D eigenvalue weighted by Crippen LogP contribution is -3.13. The number of piperazine rings is 1. The number of likely N-dealkylation sites (tertiary alicyclic amines) is 1. The molecule has 0 aliphatic carbocycles. The van der Waals surface area contributed by atoms with Crippen LogP contribution in [0.25, 0.3) is 0 Å². The molecule has 2 fully saturated rings. The van der Waals surface area contributed by atoms with Crippen molar-refractivity contribution in [2.45, 2.75) is 30.6 Å². The van der Waals surface area contributed by atoms with Crippen molar-refractivity contribution < 1.29 is 27.6 Å². The van der Waals surface area contributed by atoms with Crippen LogP contribution in [-0.4, -0.2) is 82.6 Å². The second-order valence-electron chi connectivity index (χ2n) is 7.93. The molecular weight excluding hydrogens is 394 g/mol. The third kappa shape index (κ3) is 4.67. The Hall–Kier alpha value is -1.84. The minimum atomic E-state index is -3.63. The zero-order valence-electron chi connectivity index (χ0n) is 16.8. The Morgan fingerprint density at radius 2 is 1.62 bits per heavy atom. The summed E-state index contributed by atoms with van der Waals surface area (Å²) in [6.07, 6.45) is 4.40. The lowest BCUT2D eigenvalue weighted by atomic mass is 10.1. The topological polar surface area (TPSA) is 80.6 Å². The molecular formula is C20H30N3O5S+. The van der Waals surface area contributed by atoms with Gasteiger partial charge in [-0.1, -0.05) is 0 Å². The highest BCUT2D eigenvalue weighted by Crippen LogP contribution is 2.33. The predicted molar refractivity (Wildman–Crippen MR) is 107 cm³/mol. The van der Waals surface area contributed by atoms with Crippen LogP contribution >= 0.6 is 0 Å². The van der Waals surface area contributed by atoms with Gasteiger partial charge in [0, 0.05) is 38.7 Å². The van der Waals surface area contributed by atoms with Gasteiger partial charge in [0.05, 0.1) is 31.2 Å². The van der Waals surface area contributed by atoms with Crippen LogP contribution < -0.4 is 14.4 Å². The predicted octanol–water partition coefficient (Wildman–Crippen LogP) is -0.250. The van der Waals surface area contributed by atoms with Gasteiger partial charge >= 0.3 is 0 Å². The number of rotatable bonds is 4. The van der Waals surface area contributed by atoms with E-state index in [1.165, 1.54) is 28.5 Å². The van der Waals surface area contributed by atoms with Gasteiger partial charge in [0.2, 0.25) is 10.0 Å². The maximum absolute atomic E-state index is 13.1. The Morgan fingerprint density at radius 3 is 2.34 bits per heavy atom. The van der Waals surface area contributed by atoms with Crippen molar-refractivity contribution in [1.29, 1.82) is 0 Å². The highest BCUT2D eigenvalue weighted by molar-refractivity contribution is 7.89. The summed E-state index contributed by atoms with van der Waals surface area (Å²) in [6.45, 7) is 5.23. The standard InChI is InChI=1S/C20H29N3O5S/c24-20(16-21-7-2-1-3-8-21)22-9-11-23(12-10-22)29(25,26)17-5-6-18-19(15-17)28-14-4-13-27-18/h5-6,15H,1-4,7-14,16H2/p+1. The summed E-state index contributed by atoms with van der Waals surface area (Å²) in [7, 11) is -3.63. The Bertz CT molecular complexity index is 831. The lowest BCUT2D eigenvalue weighted by Gasteiger charge is -2.35. The Balaban J connectivity index is 1.37. The van der Waals surface area contributed by atoms with Crippen molar-refractivity contribution in [3.63, 3.8) is 0 Å². The number of carbonyl (C=O) groups excluding carboxylic acids is 1. The zero-order chi connectivity index (χ0) is 20.3. The van der Waals surface area contributed by atoms with Gasteiger partial charge in [-0.3, -0.25) is 4.79 Å². The first-order chi connectivity index (χ1) is 14.0. The molecule has 3 heterocycles. The molecule has 8 nitrogen and oxygen atoms in total. The van der Waals surface area contributed by atoms with E-state index in [9.17, 15) is 13.2 Å². The Morgan fingerprint density at radius 1 is 0.931 bits per heavy atom. The molecule has 1 N–H and O–H groups in total. The number of sulfonamides is 1. The van der Waals surface area contributed by atoms with E-state index in [0.717, 1.165) is 19.5 Å². The van der Waals surface area contributed by atoms with E-state index in [0.29, 0.717) is 57.4 Å². The van der Waals surface area contributed by atoms with E-state index in [1.54, 1.807) is 18.2 Å². The van der Waals surface area contributed by atoms with Crippen LogP contribution in [-0.2, 0) is 14.8 Å². The summed E-state index contributed by atoms with van der Waals surface area (Å²) in [5, 5.41) is 0. The Kier molecular flexibility index (Phi) is 6.26. The monoisotopic (exact) mass is 424 g/mol. The molecule has 0 aromatic heterocycles. The second-order valence-corrected chi connectivity index (χ2v) is 9.87. The molecule has 0 radical (unpaired) electrons. The van der Waals surface area contributed by atoms with Crippen LogP contribution in [0.4, 0.5) is 0 Å². The number of hydrogen-bond donors (Lipinski definition) is 1. The zero-order valence-corrected chi connectivity index (χ0v) is 17.6. The average Bonchev–Trinajstić information content (AvgIpc) is 2.99. The van der Waals surface area contributed by atoms with Crippen molar-refractivity contribution in [2.24, 2.45) is 0 Å². The normalized spacial score (nSPS) is 21.6. The Labute approximate surface area is 172 Å². The molecule has 1 amide bonds. The summed E-state index contributed by atoms with van der Waals surface area (Å²) >= 11 is 0. The molecule has 1 aromatic carbocycles. The molecule has 0 atom stereocenters. The number of piperidine rings is 1. The van der Waals surface area contributed by atoms with Gasteiger partial charge in [0.1, 0.15) is 0 Å². The third-order valence-electron chi connectivity index (χ3n) is 5.91. The second kappa shape index (κ2) is 8.89. The number of carbonyl (C=O) groups is 1. The van der Waals surface area contributed by atoms with Gasteiger partial charge in [-0.15, -0.1) is 0 Å². The fourth-order valence-corrected chi connectivity index (χ4v) is 5.62. The number of quaternary nitrogens is 1. The average molecular weight is 425 g/mol. The molecule has 0 bridgehead atoms. The number of hydrogen-bond acceptors (Lipinski definition) is 5. The third-order valence-corrected chi connectivity index (χ3v) is 7.80. The summed E-state index contributed by atoms with van der Waals surface area (Å²) in [5.74, 6) is 1.19. The smallest absolute Gasteiger partial charge is 0.277 e. The fourth-order valence-electron chi connectivity index (χ4n) is 4.19. The minimum absolute atomic E-state index is 0.134. The minimum Gasteiger partial charge on any atom is -0.490 e. The molecule has 3 aliphatic heterocycles. The van der Waals surface area contributed by atoms with E-state index >= 15 is 0 Å². The van der Waals surface area contributed by atoms with Crippen LogP contribution in [0.2, 0.25) is 0 Å². The first kappa shape index (κ1) is 20.4. The van der Waals surface area contributed by atoms with Gasteiger partial charge in [0.25, 0.3) is 5.91 Å². The summed E-state index contributed by atoms with van der Waals surface area (Å²) in [6, 6.07) is 4.78. The summed E-state index contributed by atoms with van der Waals surface area (Å²) in [5.41, 5.74) is 0. The van der Waals surface area contributed by atoms with Crippen molar-refractivity contribution in [3.05, 3.63) is 18.2 Å². The number of benzene rings is 1. The highest BCUT2D eigenvalue weighted by atomic mass is 32.2. The van der Waals surface area contributed by atoms with Gasteiger partial charge < -0.3 is 19.3 Å². The first-order valence-electron chi connectivity index (χ1n) is 10.6. The van der Waals surface area contributed by atoms with Crippen molar-refractivity contribution >= 4 is 15.9 Å². The number of ether oxygens (including phenoxy) is 2. The number of amides is 1. The van der Waals surface area contributed by atoms with Crippen molar-refractivity contribution in [1.82, 2.24) is 9.21 Å². The quantitative estimate of drug-likeness (QED) is 0.721. The summed E-state index contributed by atoms with van der Waals surface area (Å²) in [4.78, 5) is 16.0. The van der Waals surface area contributed by atoms with E-state index in [-0.39, 0.29) is 10.8 Å². The van der Waals surface area contributed by atoms with Crippen molar-refractivity contribution in [2.75, 3.05) is 59.0 Å². The van der Waals surface area contributed by atoms with E-state index in [4.69, 9.17) is 9.47 Å². The molecule has 4 rings (SSSR count). The number of fused-ring (bicyclic) bond motifs is 1. The van der Waals surface area contributed by atoms with Crippen molar-refractivity contribution in [3.8, 4) is 11.5 Å². The van der Waals surface area contributed by atoms with E-state index in [1.807, 2.05) is 4.90 Å². The SMILES string of the molecule is O=C(C[NH+]1CCCCC1)N1CCN(S(=O)(=O)c2ccc3c(c2)OCCCO3)CC1. The molecule has 29 heavy (non-hydrogen) atoms. The molecule has 160 valence electrons. The van der Waals surface area contributed by atoms with Crippen LogP contribution in [0.5, 0.6) is 11.5 Å². The molecule has 9 heteroatoms. The molecule has 0 spiro atoms. The maximum Gasteiger partial charge on any atom is 0.277 e. The highest BCUT2D eigenvalue weighted by Gasteiger charge is 2.32. The van der Waals surface area contributed by atoms with E-state index < -0.39 is 10.0 Å². The van der Waals surface area contributed by atoms with Gasteiger partial charge in [-0.25, -0.2) is 8.42 Å². The van der Waals surface area contributed by atoms with Gasteiger partial charge in [0.15, 0.2) is 18.0 Å². The number of nitrogens with one attached hydrogen (secondary N) is 1. The molecule has 0 saturated carbocycles. The molecule has 1 aromatic rings. The van der Waals surface area contributed by atoms with Crippen LogP contribution in [0.15, 0.2) is 23.1 Å². The van der Waals surface area contributed by atoms with Crippen LogP contribution in [0.1, 0.15) is 25.7 Å². The molecule has 3 aliphatic rings. The van der Waals surface area contributed by atoms with E-state index in [2.05, 4.69) is 0 Å². The van der Waals surface area contributed by atoms with Crippen LogP contribution in [0.3, 0.4) is 0 Å². The molecule has 2 saturated heterocycles. The first-order valence-corrected chi connectivity index (χ1v) is 12.0. The van der Waals surface area contributed by atoms with Gasteiger partial charge in [-0.2, -0.15) is 4.31 Å². The molecule has 0 unspecified atom stereocenters. The summed E-state index contributed by atoms with van der Waals surface area (Å²) < 4.78 is 38.8. The maximum atomic E-state index is 13.1. The largest absolute Gasteiger partial charge is 0.490 e. The number of nitrogens with zero attached hydrogens (tertiary/aromatic N) is 2. The van der Waals surface area contributed by atoms with Gasteiger partial charge in [-0.05, 0) is 31.4 Å². The fraction of sp³-hybridized carbons (Fsp3) is 0.650. The van der Waals surface area contributed by atoms with Crippen LogP contribution in [0, 0.1) is 0 Å².